The first kappa shape index (κ1) is 20.0. The lowest BCUT2D eigenvalue weighted by Crippen LogP contribution is -2.38. The molecule has 0 spiro atoms. The highest BCUT2D eigenvalue weighted by molar-refractivity contribution is 6.30. The fraction of sp³-hybridized carbons (Fsp3) is 0.375. The van der Waals surface area contributed by atoms with E-state index in [-0.39, 0.29) is 11.8 Å². The number of rotatable bonds is 7. The standard InChI is InChI=1S/C24H28ClN3O/c25-19-10-8-18(9-11-19)21(22-17-27-23-7-3-2-6-20(22)23)16-24(29)26-12-15-28-13-4-1-5-14-28/h2-3,6-11,17,21,27H,1,4-5,12-16H2,(H,26,29). The molecule has 2 N–H and O–H groups in total. The number of para-hydroxylation sites is 1. The third-order valence-corrected chi connectivity index (χ3v) is 6.11. The number of H-pyrrole nitrogens is 1. The van der Waals surface area contributed by atoms with Gasteiger partial charge in [-0.2, -0.15) is 0 Å². The van der Waals surface area contributed by atoms with Crippen LogP contribution in [0.4, 0.5) is 0 Å². The van der Waals surface area contributed by atoms with Crippen molar-refractivity contribution < 1.29 is 4.79 Å². The Labute approximate surface area is 177 Å². The summed E-state index contributed by atoms with van der Waals surface area (Å²) < 4.78 is 0. The molecule has 1 fully saturated rings. The van der Waals surface area contributed by atoms with Crippen molar-refractivity contribution in [1.82, 2.24) is 15.2 Å². The molecule has 0 bridgehead atoms. The summed E-state index contributed by atoms with van der Waals surface area (Å²) in [5.74, 6) is 0.0747. The minimum Gasteiger partial charge on any atom is -0.361 e. The van der Waals surface area contributed by atoms with Crippen molar-refractivity contribution in [3.8, 4) is 0 Å². The lowest BCUT2D eigenvalue weighted by Gasteiger charge is -2.26. The molecule has 1 aromatic heterocycles. The number of nitrogens with one attached hydrogen (secondary N) is 2. The Kier molecular flexibility index (Phi) is 6.53. The molecule has 3 aromatic rings. The van der Waals surface area contributed by atoms with Crippen LogP contribution >= 0.6 is 11.6 Å². The van der Waals surface area contributed by atoms with Gasteiger partial charge in [-0.3, -0.25) is 4.79 Å². The summed E-state index contributed by atoms with van der Waals surface area (Å²) in [5.41, 5.74) is 3.34. The summed E-state index contributed by atoms with van der Waals surface area (Å²) in [4.78, 5) is 18.6. The molecule has 1 aliphatic rings. The number of carbonyl (C=O) groups is 1. The van der Waals surface area contributed by atoms with Crippen molar-refractivity contribution in [3.05, 3.63) is 70.9 Å². The first-order chi connectivity index (χ1) is 14.2. The second kappa shape index (κ2) is 9.47. The molecule has 4 rings (SSSR count). The molecular weight excluding hydrogens is 382 g/mol. The Morgan fingerprint density at radius 3 is 2.62 bits per heavy atom. The van der Waals surface area contributed by atoms with Gasteiger partial charge in [0, 0.05) is 47.6 Å². The van der Waals surface area contributed by atoms with Crippen LogP contribution in [0.15, 0.2) is 54.7 Å². The molecule has 29 heavy (non-hydrogen) atoms. The zero-order valence-corrected chi connectivity index (χ0v) is 17.4. The molecule has 1 aliphatic heterocycles. The number of halogens is 1. The highest BCUT2D eigenvalue weighted by atomic mass is 35.5. The molecule has 2 heterocycles. The highest BCUT2D eigenvalue weighted by Gasteiger charge is 2.21. The van der Waals surface area contributed by atoms with Crippen LogP contribution in [0.25, 0.3) is 10.9 Å². The van der Waals surface area contributed by atoms with Crippen molar-refractivity contribution in [2.45, 2.75) is 31.6 Å². The number of likely N-dealkylation sites (tertiary alicyclic amines) is 1. The van der Waals surface area contributed by atoms with Gasteiger partial charge in [0.2, 0.25) is 5.91 Å². The van der Waals surface area contributed by atoms with E-state index in [1.807, 2.05) is 42.6 Å². The first-order valence-corrected chi connectivity index (χ1v) is 10.9. The van der Waals surface area contributed by atoms with Crippen molar-refractivity contribution in [2.75, 3.05) is 26.2 Å². The maximum absolute atomic E-state index is 12.8. The summed E-state index contributed by atoms with van der Waals surface area (Å²) >= 11 is 6.09. The number of aromatic nitrogens is 1. The monoisotopic (exact) mass is 409 g/mol. The number of hydrogen-bond acceptors (Lipinski definition) is 2. The van der Waals surface area contributed by atoms with E-state index in [4.69, 9.17) is 11.6 Å². The van der Waals surface area contributed by atoms with Crippen LogP contribution in [0.1, 0.15) is 42.7 Å². The average Bonchev–Trinajstić information content (AvgIpc) is 3.17. The summed E-state index contributed by atoms with van der Waals surface area (Å²) in [5, 5.41) is 5.00. The third kappa shape index (κ3) is 5.01. The summed E-state index contributed by atoms with van der Waals surface area (Å²) in [7, 11) is 0. The van der Waals surface area contributed by atoms with E-state index >= 15 is 0 Å². The molecule has 1 atom stereocenters. The van der Waals surface area contributed by atoms with Gasteiger partial charge in [-0.05, 0) is 55.3 Å². The predicted octanol–water partition coefficient (Wildman–Crippen LogP) is 4.95. The Balaban J connectivity index is 1.48. The van der Waals surface area contributed by atoms with Gasteiger partial charge in [-0.25, -0.2) is 0 Å². The maximum Gasteiger partial charge on any atom is 0.220 e. The number of hydrogen-bond donors (Lipinski definition) is 2. The number of benzene rings is 2. The van der Waals surface area contributed by atoms with Gasteiger partial charge in [-0.1, -0.05) is 48.4 Å². The molecule has 1 unspecified atom stereocenters. The Morgan fingerprint density at radius 2 is 1.83 bits per heavy atom. The Morgan fingerprint density at radius 1 is 1.07 bits per heavy atom. The quantitative estimate of drug-likeness (QED) is 0.580. The van der Waals surface area contributed by atoms with Crippen LogP contribution in [0.2, 0.25) is 5.02 Å². The van der Waals surface area contributed by atoms with Gasteiger partial charge in [-0.15, -0.1) is 0 Å². The molecule has 1 saturated heterocycles. The minimum absolute atomic E-state index is 0.0154. The molecule has 0 aliphatic carbocycles. The van der Waals surface area contributed by atoms with E-state index < -0.39 is 0 Å². The van der Waals surface area contributed by atoms with E-state index in [1.54, 1.807) is 0 Å². The van der Waals surface area contributed by atoms with Gasteiger partial charge in [0.25, 0.3) is 0 Å². The SMILES string of the molecule is O=C(CC(c1ccc(Cl)cc1)c1c[nH]c2ccccc12)NCCN1CCCCC1. The van der Waals surface area contributed by atoms with E-state index in [0.717, 1.165) is 41.7 Å². The second-order valence-corrected chi connectivity index (χ2v) is 8.29. The van der Waals surface area contributed by atoms with Crippen molar-refractivity contribution >= 4 is 28.4 Å². The first-order valence-electron chi connectivity index (χ1n) is 10.5. The molecule has 152 valence electrons. The smallest absolute Gasteiger partial charge is 0.220 e. The largest absolute Gasteiger partial charge is 0.361 e. The second-order valence-electron chi connectivity index (χ2n) is 7.85. The van der Waals surface area contributed by atoms with Crippen LogP contribution in [-0.2, 0) is 4.79 Å². The number of fused-ring (bicyclic) bond motifs is 1. The van der Waals surface area contributed by atoms with Crippen LogP contribution in [0, 0.1) is 0 Å². The Bertz CT molecular complexity index is 944. The number of nitrogens with zero attached hydrogens (tertiary/aromatic N) is 1. The van der Waals surface area contributed by atoms with Gasteiger partial charge >= 0.3 is 0 Å². The maximum atomic E-state index is 12.8. The normalized spacial score (nSPS) is 16.0. The molecular formula is C24H28ClN3O. The van der Waals surface area contributed by atoms with E-state index in [1.165, 1.54) is 19.3 Å². The molecule has 0 saturated carbocycles. The van der Waals surface area contributed by atoms with Gasteiger partial charge in [0.1, 0.15) is 0 Å². The van der Waals surface area contributed by atoms with Crippen molar-refractivity contribution in [3.63, 3.8) is 0 Å². The van der Waals surface area contributed by atoms with Crippen LogP contribution in [-0.4, -0.2) is 42.0 Å². The van der Waals surface area contributed by atoms with E-state index in [2.05, 4.69) is 27.3 Å². The minimum atomic E-state index is -0.0154. The molecule has 5 heteroatoms. The third-order valence-electron chi connectivity index (χ3n) is 5.86. The van der Waals surface area contributed by atoms with Crippen molar-refractivity contribution in [2.24, 2.45) is 0 Å². The lowest BCUT2D eigenvalue weighted by atomic mass is 9.88. The average molecular weight is 410 g/mol. The fourth-order valence-electron chi connectivity index (χ4n) is 4.28. The zero-order valence-electron chi connectivity index (χ0n) is 16.7. The molecule has 2 aromatic carbocycles. The number of carbonyl (C=O) groups excluding carboxylic acids is 1. The van der Waals surface area contributed by atoms with E-state index in [0.29, 0.717) is 18.0 Å². The van der Waals surface area contributed by atoms with Crippen LogP contribution in [0.5, 0.6) is 0 Å². The fourth-order valence-corrected chi connectivity index (χ4v) is 4.40. The molecule has 4 nitrogen and oxygen atoms in total. The van der Waals surface area contributed by atoms with Gasteiger partial charge in [0.15, 0.2) is 0 Å². The van der Waals surface area contributed by atoms with Gasteiger partial charge in [0.05, 0.1) is 0 Å². The number of aromatic amines is 1. The molecule has 1 amide bonds. The Hall–Kier alpha value is -2.30. The highest BCUT2D eigenvalue weighted by Crippen LogP contribution is 2.33. The summed E-state index contributed by atoms with van der Waals surface area (Å²) in [6.07, 6.45) is 6.32. The summed E-state index contributed by atoms with van der Waals surface area (Å²) in [6, 6.07) is 16.1. The predicted molar refractivity (Wildman–Crippen MR) is 120 cm³/mol. The molecule has 0 radical (unpaired) electrons. The van der Waals surface area contributed by atoms with Crippen molar-refractivity contribution in [1.29, 1.82) is 0 Å². The lowest BCUT2D eigenvalue weighted by molar-refractivity contribution is -0.121. The van der Waals surface area contributed by atoms with Gasteiger partial charge < -0.3 is 15.2 Å². The van der Waals surface area contributed by atoms with E-state index in [9.17, 15) is 4.79 Å². The summed E-state index contributed by atoms with van der Waals surface area (Å²) in [6.45, 7) is 3.95. The number of piperidine rings is 1. The number of amides is 1. The van der Waals surface area contributed by atoms with Crippen LogP contribution < -0.4 is 5.32 Å². The van der Waals surface area contributed by atoms with Crippen LogP contribution in [0.3, 0.4) is 0 Å². The zero-order chi connectivity index (χ0) is 20.1. The topological polar surface area (TPSA) is 48.1 Å².